The normalized spacial score (nSPS) is 19.5. The Morgan fingerprint density at radius 1 is 1.38 bits per heavy atom. The molecule has 1 aromatic carbocycles. The molecule has 5 nitrogen and oxygen atoms in total. The van der Waals surface area contributed by atoms with Crippen LogP contribution in [0.25, 0.3) is 0 Å². The van der Waals surface area contributed by atoms with Gasteiger partial charge >= 0.3 is 0 Å². The third-order valence-electron chi connectivity index (χ3n) is 4.03. The van der Waals surface area contributed by atoms with Crippen LogP contribution in [0.15, 0.2) is 24.3 Å². The number of likely N-dealkylation sites (tertiary alicyclic amines) is 1. The molecular formula is C16H22N2O3. The van der Waals surface area contributed by atoms with Gasteiger partial charge in [-0.15, -0.1) is 0 Å². The van der Waals surface area contributed by atoms with E-state index in [0.29, 0.717) is 13.0 Å². The molecule has 1 amide bonds. The number of phenols is 1. The van der Waals surface area contributed by atoms with Crippen LogP contribution in [0, 0.1) is 0 Å². The van der Waals surface area contributed by atoms with Crippen LogP contribution in [-0.4, -0.2) is 47.4 Å². The first-order valence-electron chi connectivity index (χ1n) is 7.29. The Bertz CT molecular complexity index is 513. The number of phenolic OH excluding ortho intramolecular Hbond substituents is 1. The maximum Gasteiger partial charge on any atom is 0.240 e. The topological polar surface area (TPSA) is 69.6 Å². The molecule has 0 aromatic heterocycles. The zero-order valence-electron chi connectivity index (χ0n) is 12.5. The number of amides is 1. The molecule has 0 spiro atoms. The molecule has 2 N–H and O–H groups in total. The van der Waals surface area contributed by atoms with Crippen LogP contribution >= 0.6 is 0 Å². The Morgan fingerprint density at radius 3 is 2.62 bits per heavy atom. The Labute approximate surface area is 125 Å². The highest BCUT2D eigenvalue weighted by Crippen LogP contribution is 2.20. The molecule has 1 saturated heterocycles. The van der Waals surface area contributed by atoms with E-state index in [-0.39, 0.29) is 29.5 Å². The van der Waals surface area contributed by atoms with Crippen LogP contribution in [0.2, 0.25) is 0 Å². The second-order valence-corrected chi connectivity index (χ2v) is 5.51. The predicted octanol–water partition coefficient (Wildman–Crippen LogP) is 1.10. The van der Waals surface area contributed by atoms with E-state index in [0.717, 1.165) is 18.4 Å². The zero-order valence-corrected chi connectivity index (χ0v) is 12.5. The Balaban J connectivity index is 2.07. The number of hydrogen-bond acceptors (Lipinski definition) is 4. The van der Waals surface area contributed by atoms with Crippen molar-refractivity contribution in [3.05, 3.63) is 29.8 Å². The molecule has 1 aliphatic rings. The van der Waals surface area contributed by atoms with Gasteiger partial charge in [0, 0.05) is 6.54 Å². The van der Waals surface area contributed by atoms with Gasteiger partial charge in [0.15, 0.2) is 5.78 Å². The molecule has 5 heteroatoms. The fourth-order valence-electron chi connectivity index (χ4n) is 2.83. The van der Waals surface area contributed by atoms with E-state index in [1.807, 2.05) is 0 Å². The molecule has 0 saturated carbocycles. The summed E-state index contributed by atoms with van der Waals surface area (Å²) >= 11 is 0. The lowest BCUT2D eigenvalue weighted by Gasteiger charge is -2.27. The van der Waals surface area contributed by atoms with Crippen LogP contribution in [0.3, 0.4) is 0 Å². The number of rotatable bonds is 5. The third kappa shape index (κ3) is 3.61. The molecule has 2 rings (SSSR count). The standard InChI is InChI=1S/C16H22N2O3/c1-11(19)15-4-3-9-18(15)16(21)14(17-2)10-12-5-7-13(20)8-6-12/h5-8,14-15,17,20H,3-4,9-10H2,1-2H3. The maximum absolute atomic E-state index is 12.6. The largest absolute Gasteiger partial charge is 0.508 e. The molecule has 1 aromatic rings. The minimum Gasteiger partial charge on any atom is -0.508 e. The summed E-state index contributed by atoms with van der Waals surface area (Å²) in [5, 5.41) is 12.3. The summed E-state index contributed by atoms with van der Waals surface area (Å²) in [5.41, 5.74) is 0.971. The van der Waals surface area contributed by atoms with Crippen molar-refractivity contribution < 1.29 is 14.7 Å². The molecule has 1 heterocycles. The van der Waals surface area contributed by atoms with Crippen LogP contribution in [-0.2, 0) is 16.0 Å². The van der Waals surface area contributed by atoms with Crippen molar-refractivity contribution in [3.8, 4) is 5.75 Å². The van der Waals surface area contributed by atoms with Crippen molar-refractivity contribution in [1.29, 1.82) is 0 Å². The van der Waals surface area contributed by atoms with Crippen LogP contribution in [0.4, 0.5) is 0 Å². The molecule has 1 aliphatic heterocycles. The van der Waals surface area contributed by atoms with Gasteiger partial charge in [-0.1, -0.05) is 12.1 Å². The summed E-state index contributed by atoms with van der Waals surface area (Å²) in [6.45, 7) is 2.20. The van der Waals surface area contributed by atoms with Gasteiger partial charge in [0.05, 0.1) is 12.1 Å². The fourth-order valence-corrected chi connectivity index (χ4v) is 2.83. The molecule has 1 fully saturated rings. The Morgan fingerprint density at radius 2 is 2.05 bits per heavy atom. The number of likely N-dealkylation sites (N-methyl/N-ethyl adjacent to an activating group) is 1. The minimum absolute atomic E-state index is 0.0247. The van der Waals surface area contributed by atoms with E-state index in [2.05, 4.69) is 5.32 Å². The number of carbonyl (C=O) groups excluding carboxylic acids is 2. The quantitative estimate of drug-likeness (QED) is 0.852. The smallest absolute Gasteiger partial charge is 0.240 e. The summed E-state index contributed by atoms with van der Waals surface area (Å²) in [7, 11) is 1.75. The Kier molecular flexibility index (Phi) is 4.96. The number of nitrogens with zero attached hydrogens (tertiary/aromatic N) is 1. The minimum atomic E-state index is -0.352. The van der Waals surface area contributed by atoms with Crippen molar-refractivity contribution in [2.24, 2.45) is 0 Å². The highest BCUT2D eigenvalue weighted by Gasteiger charge is 2.34. The number of ketones is 1. The average Bonchev–Trinajstić information content (AvgIpc) is 2.95. The van der Waals surface area contributed by atoms with Crippen LogP contribution in [0.1, 0.15) is 25.3 Å². The zero-order chi connectivity index (χ0) is 15.4. The number of aromatic hydroxyl groups is 1. The van der Waals surface area contributed by atoms with Crippen molar-refractivity contribution in [2.45, 2.75) is 38.3 Å². The van der Waals surface area contributed by atoms with Gasteiger partial charge in [-0.3, -0.25) is 9.59 Å². The van der Waals surface area contributed by atoms with E-state index in [9.17, 15) is 14.7 Å². The number of carbonyl (C=O) groups is 2. The highest BCUT2D eigenvalue weighted by atomic mass is 16.3. The number of hydrogen-bond donors (Lipinski definition) is 2. The van der Waals surface area contributed by atoms with Gasteiger partial charge in [0.2, 0.25) is 5.91 Å². The summed E-state index contributed by atoms with van der Waals surface area (Å²) in [6.07, 6.45) is 2.18. The van der Waals surface area contributed by atoms with Gasteiger partial charge < -0.3 is 15.3 Å². The van der Waals surface area contributed by atoms with Gasteiger partial charge in [0.1, 0.15) is 5.75 Å². The first-order valence-corrected chi connectivity index (χ1v) is 7.29. The molecule has 0 aliphatic carbocycles. The second-order valence-electron chi connectivity index (χ2n) is 5.51. The summed E-state index contributed by atoms with van der Waals surface area (Å²) < 4.78 is 0. The van der Waals surface area contributed by atoms with E-state index >= 15 is 0 Å². The summed E-state index contributed by atoms with van der Waals surface area (Å²) in [4.78, 5) is 25.9. The lowest BCUT2D eigenvalue weighted by atomic mass is 10.0. The Hall–Kier alpha value is -1.88. The number of Topliss-reactive ketones (excluding diaryl/α,β-unsaturated/α-hetero) is 1. The van der Waals surface area contributed by atoms with E-state index < -0.39 is 0 Å². The first kappa shape index (κ1) is 15.5. The van der Waals surface area contributed by atoms with Gasteiger partial charge in [-0.25, -0.2) is 0 Å². The third-order valence-corrected chi connectivity index (χ3v) is 4.03. The fraction of sp³-hybridized carbons (Fsp3) is 0.500. The predicted molar refractivity (Wildman–Crippen MR) is 80.1 cm³/mol. The van der Waals surface area contributed by atoms with E-state index in [1.54, 1.807) is 43.1 Å². The van der Waals surface area contributed by atoms with Crippen molar-refractivity contribution >= 4 is 11.7 Å². The van der Waals surface area contributed by atoms with Crippen molar-refractivity contribution in [2.75, 3.05) is 13.6 Å². The molecule has 2 atom stereocenters. The monoisotopic (exact) mass is 290 g/mol. The second kappa shape index (κ2) is 6.72. The lowest BCUT2D eigenvalue weighted by molar-refractivity contribution is -0.138. The molecule has 0 radical (unpaired) electrons. The highest BCUT2D eigenvalue weighted by molar-refractivity contribution is 5.90. The average molecular weight is 290 g/mol. The summed E-state index contributed by atoms with van der Waals surface area (Å²) in [5.74, 6) is 0.242. The summed E-state index contributed by atoms with van der Waals surface area (Å²) in [6, 6.07) is 6.21. The lowest BCUT2D eigenvalue weighted by Crippen LogP contribution is -2.49. The molecular weight excluding hydrogens is 268 g/mol. The SMILES string of the molecule is CNC(Cc1ccc(O)cc1)C(=O)N1CCCC1C(C)=O. The first-order chi connectivity index (χ1) is 10.0. The van der Waals surface area contributed by atoms with Gasteiger partial charge in [-0.2, -0.15) is 0 Å². The number of benzene rings is 1. The van der Waals surface area contributed by atoms with Gasteiger partial charge in [0.25, 0.3) is 0 Å². The van der Waals surface area contributed by atoms with Crippen molar-refractivity contribution in [3.63, 3.8) is 0 Å². The van der Waals surface area contributed by atoms with E-state index in [1.165, 1.54) is 0 Å². The molecule has 0 bridgehead atoms. The van der Waals surface area contributed by atoms with Crippen LogP contribution < -0.4 is 5.32 Å². The molecule has 21 heavy (non-hydrogen) atoms. The number of nitrogens with one attached hydrogen (secondary N) is 1. The van der Waals surface area contributed by atoms with Crippen LogP contribution in [0.5, 0.6) is 5.75 Å². The van der Waals surface area contributed by atoms with Gasteiger partial charge in [-0.05, 0) is 50.9 Å². The maximum atomic E-state index is 12.6. The molecule has 2 unspecified atom stereocenters. The van der Waals surface area contributed by atoms with Crippen molar-refractivity contribution in [1.82, 2.24) is 10.2 Å². The molecule has 114 valence electrons. The van der Waals surface area contributed by atoms with E-state index in [4.69, 9.17) is 0 Å².